The Balaban J connectivity index is 1.53. The molecule has 1 saturated heterocycles. The van der Waals surface area contributed by atoms with E-state index in [1.54, 1.807) is 0 Å². The summed E-state index contributed by atoms with van der Waals surface area (Å²) in [7, 11) is 0. The standard InChI is InChI=1S/C19H23N3OS/c23-19(18-8-5-15-24-18)22-14-13-21(12-11-20-9-3-4-10-20)16-6-1-2-7-17(16)22/h1-2,5-8,15H,3-4,9-14H2. The van der Waals surface area contributed by atoms with E-state index in [2.05, 4.69) is 28.0 Å². The average molecular weight is 341 g/mol. The summed E-state index contributed by atoms with van der Waals surface area (Å²) in [5.74, 6) is 0.122. The summed E-state index contributed by atoms with van der Waals surface area (Å²) in [6, 6.07) is 12.2. The molecule has 1 amide bonds. The van der Waals surface area contributed by atoms with Crippen molar-refractivity contribution in [3.8, 4) is 0 Å². The third-order valence-corrected chi connectivity index (χ3v) is 5.83. The molecule has 0 bridgehead atoms. The van der Waals surface area contributed by atoms with Gasteiger partial charge in [-0.05, 0) is 49.5 Å². The molecule has 2 aliphatic rings. The summed E-state index contributed by atoms with van der Waals surface area (Å²) in [6.07, 6.45) is 2.67. The molecule has 0 aliphatic carbocycles. The fourth-order valence-corrected chi connectivity index (χ4v) is 4.34. The zero-order valence-corrected chi connectivity index (χ0v) is 14.7. The summed E-state index contributed by atoms with van der Waals surface area (Å²) in [4.78, 5) is 20.5. The van der Waals surface area contributed by atoms with Gasteiger partial charge in [-0.2, -0.15) is 0 Å². The van der Waals surface area contributed by atoms with Gasteiger partial charge < -0.3 is 14.7 Å². The number of anilines is 2. The number of hydrogen-bond donors (Lipinski definition) is 0. The molecule has 2 aliphatic heterocycles. The van der Waals surface area contributed by atoms with Gasteiger partial charge in [-0.15, -0.1) is 11.3 Å². The van der Waals surface area contributed by atoms with E-state index in [0.29, 0.717) is 0 Å². The fraction of sp³-hybridized carbons (Fsp3) is 0.421. The molecule has 1 aromatic heterocycles. The van der Waals surface area contributed by atoms with Gasteiger partial charge in [0.05, 0.1) is 16.3 Å². The van der Waals surface area contributed by atoms with Crippen LogP contribution in [-0.2, 0) is 0 Å². The van der Waals surface area contributed by atoms with Crippen LogP contribution in [0.5, 0.6) is 0 Å². The molecule has 2 aromatic rings. The van der Waals surface area contributed by atoms with Crippen molar-refractivity contribution in [2.45, 2.75) is 12.8 Å². The highest BCUT2D eigenvalue weighted by molar-refractivity contribution is 7.12. The van der Waals surface area contributed by atoms with Crippen molar-refractivity contribution in [2.24, 2.45) is 0 Å². The van der Waals surface area contributed by atoms with E-state index in [4.69, 9.17) is 0 Å². The lowest BCUT2D eigenvalue weighted by Crippen LogP contribution is -2.46. The minimum Gasteiger partial charge on any atom is -0.367 e. The first kappa shape index (κ1) is 15.7. The number of thiophene rings is 1. The Hall–Kier alpha value is -1.85. The topological polar surface area (TPSA) is 26.8 Å². The van der Waals surface area contributed by atoms with Crippen LogP contribution in [0.3, 0.4) is 0 Å². The Morgan fingerprint density at radius 3 is 2.46 bits per heavy atom. The second-order valence-corrected chi connectivity index (χ2v) is 7.41. The van der Waals surface area contributed by atoms with Gasteiger partial charge in [-0.3, -0.25) is 4.79 Å². The minimum absolute atomic E-state index is 0.122. The summed E-state index contributed by atoms with van der Waals surface area (Å²) in [6.45, 7) is 6.29. The van der Waals surface area contributed by atoms with Crippen LogP contribution in [0.15, 0.2) is 41.8 Å². The van der Waals surface area contributed by atoms with Crippen molar-refractivity contribution < 1.29 is 4.79 Å². The van der Waals surface area contributed by atoms with Gasteiger partial charge in [0, 0.05) is 26.2 Å². The highest BCUT2D eigenvalue weighted by Crippen LogP contribution is 2.34. The lowest BCUT2D eigenvalue weighted by molar-refractivity contribution is 0.0990. The van der Waals surface area contributed by atoms with Crippen molar-refractivity contribution >= 4 is 28.6 Å². The number of fused-ring (bicyclic) bond motifs is 1. The number of rotatable bonds is 4. The number of nitrogens with zero attached hydrogens (tertiary/aromatic N) is 3. The molecular weight excluding hydrogens is 318 g/mol. The number of para-hydroxylation sites is 2. The first-order valence-electron chi connectivity index (χ1n) is 8.74. The molecule has 4 nitrogen and oxygen atoms in total. The molecule has 0 N–H and O–H groups in total. The van der Waals surface area contributed by atoms with E-state index in [9.17, 15) is 4.79 Å². The van der Waals surface area contributed by atoms with Crippen molar-refractivity contribution in [3.05, 3.63) is 46.7 Å². The maximum Gasteiger partial charge on any atom is 0.268 e. The van der Waals surface area contributed by atoms with Crippen LogP contribution < -0.4 is 9.80 Å². The average Bonchev–Trinajstić information content (AvgIpc) is 3.32. The first-order valence-corrected chi connectivity index (χ1v) is 9.62. The van der Waals surface area contributed by atoms with Crippen LogP contribution >= 0.6 is 11.3 Å². The summed E-state index contributed by atoms with van der Waals surface area (Å²) in [5.41, 5.74) is 2.23. The Morgan fingerprint density at radius 1 is 0.917 bits per heavy atom. The van der Waals surface area contributed by atoms with Crippen molar-refractivity contribution in [1.82, 2.24) is 4.90 Å². The predicted octanol–water partition coefficient (Wildman–Crippen LogP) is 3.31. The number of hydrogen-bond acceptors (Lipinski definition) is 4. The van der Waals surface area contributed by atoms with Gasteiger partial charge in [0.15, 0.2) is 0 Å². The van der Waals surface area contributed by atoms with Crippen molar-refractivity contribution in [2.75, 3.05) is 49.1 Å². The van der Waals surface area contributed by atoms with Gasteiger partial charge in [-0.1, -0.05) is 18.2 Å². The molecule has 0 saturated carbocycles. The van der Waals surface area contributed by atoms with Crippen LogP contribution in [0.2, 0.25) is 0 Å². The van der Waals surface area contributed by atoms with Gasteiger partial charge in [-0.25, -0.2) is 0 Å². The maximum absolute atomic E-state index is 12.8. The Morgan fingerprint density at radius 2 is 1.71 bits per heavy atom. The molecule has 0 radical (unpaired) electrons. The molecule has 0 spiro atoms. The number of carbonyl (C=O) groups is 1. The van der Waals surface area contributed by atoms with Gasteiger partial charge >= 0.3 is 0 Å². The Bertz CT molecular complexity index is 694. The fourth-order valence-electron chi connectivity index (χ4n) is 3.67. The van der Waals surface area contributed by atoms with Gasteiger partial charge in [0.2, 0.25) is 0 Å². The van der Waals surface area contributed by atoms with Crippen LogP contribution in [0.4, 0.5) is 11.4 Å². The monoisotopic (exact) mass is 341 g/mol. The van der Waals surface area contributed by atoms with E-state index < -0.39 is 0 Å². The minimum atomic E-state index is 0.122. The Kier molecular flexibility index (Phi) is 4.54. The lowest BCUT2D eigenvalue weighted by Gasteiger charge is -2.38. The quantitative estimate of drug-likeness (QED) is 0.854. The van der Waals surface area contributed by atoms with Crippen LogP contribution in [0, 0.1) is 0 Å². The molecule has 24 heavy (non-hydrogen) atoms. The molecule has 5 heteroatoms. The molecule has 0 atom stereocenters. The molecule has 4 rings (SSSR count). The molecule has 126 valence electrons. The summed E-state index contributed by atoms with van der Waals surface area (Å²) < 4.78 is 0. The predicted molar refractivity (Wildman–Crippen MR) is 100 cm³/mol. The third kappa shape index (κ3) is 3.06. The lowest BCUT2D eigenvalue weighted by atomic mass is 10.1. The molecule has 1 fully saturated rings. The van der Waals surface area contributed by atoms with E-state index >= 15 is 0 Å². The highest BCUT2D eigenvalue weighted by atomic mass is 32.1. The van der Waals surface area contributed by atoms with Crippen LogP contribution in [0.1, 0.15) is 22.5 Å². The number of benzene rings is 1. The molecule has 0 unspecified atom stereocenters. The number of likely N-dealkylation sites (tertiary alicyclic amines) is 1. The Labute approximate surface area is 147 Å². The van der Waals surface area contributed by atoms with E-state index in [1.807, 2.05) is 28.5 Å². The van der Waals surface area contributed by atoms with Crippen LogP contribution in [0.25, 0.3) is 0 Å². The third-order valence-electron chi connectivity index (χ3n) is 4.97. The smallest absolute Gasteiger partial charge is 0.268 e. The van der Waals surface area contributed by atoms with Crippen LogP contribution in [-0.4, -0.2) is 50.1 Å². The molecule has 3 heterocycles. The first-order chi connectivity index (χ1) is 11.8. The summed E-state index contributed by atoms with van der Waals surface area (Å²) >= 11 is 1.52. The van der Waals surface area contributed by atoms with E-state index in [1.165, 1.54) is 43.0 Å². The maximum atomic E-state index is 12.8. The second kappa shape index (κ2) is 6.95. The zero-order chi connectivity index (χ0) is 16.4. The van der Waals surface area contributed by atoms with Crippen molar-refractivity contribution in [1.29, 1.82) is 0 Å². The molecular formula is C19H23N3OS. The normalized spacial score (nSPS) is 18.0. The SMILES string of the molecule is O=C(c1cccs1)N1CCN(CCN2CCCC2)c2ccccc21. The second-order valence-electron chi connectivity index (χ2n) is 6.46. The molecule has 1 aromatic carbocycles. The van der Waals surface area contributed by atoms with Gasteiger partial charge in [0.25, 0.3) is 5.91 Å². The van der Waals surface area contributed by atoms with Crippen molar-refractivity contribution in [3.63, 3.8) is 0 Å². The van der Waals surface area contributed by atoms with E-state index in [-0.39, 0.29) is 5.91 Å². The van der Waals surface area contributed by atoms with Gasteiger partial charge in [0.1, 0.15) is 0 Å². The zero-order valence-electron chi connectivity index (χ0n) is 13.9. The van der Waals surface area contributed by atoms with E-state index in [0.717, 1.165) is 36.7 Å². The number of carbonyl (C=O) groups excluding carboxylic acids is 1. The summed E-state index contributed by atoms with van der Waals surface area (Å²) in [5, 5.41) is 1.96. The highest BCUT2D eigenvalue weighted by Gasteiger charge is 2.27. The number of amides is 1. The largest absolute Gasteiger partial charge is 0.367 e.